The highest BCUT2D eigenvalue weighted by atomic mass is 19.1. The average molecular weight is 316 g/mol. The molecule has 4 heteroatoms. The molecule has 1 unspecified atom stereocenters. The van der Waals surface area contributed by atoms with E-state index in [1.54, 1.807) is 12.1 Å². The highest BCUT2D eigenvalue weighted by Crippen LogP contribution is 2.46. The molecular formula is C19H25FN2O. The summed E-state index contributed by atoms with van der Waals surface area (Å²) in [4.78, 5) is 8.29. The predicted molar refractivity (Wildman–Crippen MR) is 90.4 cm³/mol. The van der Waals surface area contributed by atoms with Crippen molar-refractivity contribution in [1.29, 1.82) is 0 Å². The lowest BCUT2D eigenvalue weighted by atomic mass is 9.92. The molecule has 0 spiro atoms. The normalized spacial score (nSPS) is 15.7. The van der Waals surface area contributed by atoms with Crippen LogP contribution in [0.3, 0.4) is 0 Å². The molecule has 1 fully saturated rings. The highest BCUT2D eigenvalue weighted by molar-refractivity contribution is 5.68. The van der Waals surface area contributed by atoms with Gasteiger partial charge in [-0.2, -0.15) is 0 Å². The number of aromatic nitrogens is 2. The van der Waals surface area contributed by atoms with Crippen LogP contribution in [0.2, 0.25) is 0 Å². The van der Waals surface area contributed by atoms with Crippen molar-refractivity contribution in [3.63, 3.8) is 0 Å². The van der Waals surface area contributed by atoms with E-state index in [0.29, 0.717) is 5.92 Å². The molecule has 1 aliphatic rings. The summed E-state index contributed by atoms with van der Waals surface area (Å²) >= 11 is 0. The Labute approximate surface area is 137 Å². The van der Waals surface area contributed by atoms with Crippen molar-refractivity contribution < 1.29 is 9.13 Å². The van der Waals surface area contributed by atoms with Crippen LogP contribution in [0, 0.1) is 18.7 Å². The van der Waals surface area contributed by atoms with Crippen molar-refractivity contribution in [2.24, 2.45) is 5.92 Å². The predicted octanol–water partition coefficient (Wildman–Crippen LogP) is 5.00. The van der Waals surface area contributed by atoms with Gasteiger partial charge in [-0.05, 0) is 49.8 Å². The molecule has 1 heterocycles. The van der Waals surface area contributed by atoms with Gasteiger partial charge in [-0.25, -0.2) is 9.37 Å². The molecule has 1 aliphatic carbocycles. The standard InChI is InChI=1S/C19H25FN2O/c1-5-13(12-7-8-12)18-19(22-17(6-2)21-18)14-10-15(20)16(23-4)9-11(14)3/h9-10,12-13H,5-8H2,1-4H3,(H,21,22). The third kappa shape index (κ3) is 2.99. The van der Waals surface area contributed by atoms with Crippen LogP contribution in [0.5, 0.6) is 5.75 Å². The van der Waals surface area contributed by atoms with Crippen molar-refractivity contribution in [3.05, 3.63) is 35.0 Å². The second-order valence-corrected chi connectivity index (χ2v) is 6.45. The first kappa shape index (κ1) is 16.0. The van der Waals surface area contributed by atoms with Gasteiger partial charge in [0.1, 0.15) is 5.82 Å². The average Bonchev–Trinajstić information content (AvgIpc) is 3.29. The van der Waals surface area contributed by atoms with Crippen LogP contribution in [0.1, 0.15) is 56.1 Å². The van der Waals surface area contributed by atoms with E-state index in [1.165, 1.54) is 25.6 Å². The number of imidazole rings is 1. The summed E-state index contributed by atoms with van der Waals surface area (Å²) in [6, 6.07) is 3.32. The lowest BCUT2D eigenvalue weighted by Gasteiger charge is -2.15. The first-order valence-corrected chi connectivity index (χ1v) is 8.52. The van der Waals surface area contributed by atoms with Gasteiger partial charge in [0.15, 0.2) is 11.6 Å². The van der Waals surface area contributed by atoms with E-state index in [9.17, 15) is 4.39 Å². The smallest absolute Gasteiger partial charge is 0.165 e. The molecule has 3 rings (SSSR count). The molecule has 1 saturated carbocycles. The number of hydrogen-bond acceptors (Lipinski definition) is 2. The van der Waals surface area contributed by atoms with Crippen LogP contribution in [0.4, 0.5) is 4.39 Å². The van der Waals surface area contributed by atoms with Gasteiger partial charge in [0, 0.05) is 23.6 Å². The molecule has 0 saturated heterocycles. The first-order valence-electron chi connectivity index (χ1n) is 8.52. The Morgan fingerprint density at radius 3 is 2.65 bits per heavy atom. The Morgan fingerprint density at radius 1 is 1.35 bits per heavy atom. The molecular weight excluding hydrogens is 291 g/mol. The summed E-state index contributed by atoms with van der Waals surface area (Å²) in [5.74, 6) is 2.16. The largest absolute Gasteiger partial charge is 0.494 e. The van der Waals surface area contributed by atoms with Gasteiger partial charge in [0.25, 0.3) is 0 Å². The Morgan fingerprint density at radius 2 is 2.09 bits per heavy atom. The van der Waals surface area contributed by atoms with Crippen LogP contribution in [0.15, 0.2) is 12.1 Å². The molecule has 1 atom stereocenters. The van der Waals surface area contributed by atoms with Crippen LogP contribution < -0.4 is 4.74 Å². The lowest BCUT2D eigenvalue weighted by molar-refractivity contribution is 0.386. The zero-order valence-corrected chi connectivity index (χ0v) is 14.4. The number of nitrogens with zero attached hydrogens (tertiary/aromatic N) is 1. The number of aryl methyl sites for hydroxylation is 2. The molecule has 0 amide bonds. The zero-order valence-electron chi connectivity index (χ0n) is 14.4. The Balaban J connectivity index is 2.12. The number of H-pyrrole nitrogens is 1. The van der Waals surface area contributed by atoms with Crippen molar-refractivity contribution >= 4 is 0 Å². The quantitative estimate of drug-likeness (QED) is 0.814. The number of ether oxygens (including phenoxy) is 1. The fraction of sp³-hybridized carbons (Fsp3) is 0.526. The third-order valence-electron chi connectivity index (χ3n) is 4.87. The minimum absolute atomic E-state index is 0.285. The molecule has 124 valence electrons. The van der Waals surface area contributed by atoms with Crippen LogP contribution in [-0.4, -0.2) is 17.1 Å². The summed E-state index contributed by atoms with van der Waals surface area (Å²) in [6.07, 6.45) is 4.51. The maximum atomic E-state index is 14.2. The van der Waals surface area contributed by atoms with E-state index in [1.807, 2.05) is 6.92 Å². The van der Waals surface area contributed by atoms with Crippen LogP contribution in [0.25, 0.3) is 11.3 Å². The number of methoxy groups -OCH3 is 1. The Bertz CT molecular complexity index is 704. The molecule has 3 nitrogen and oxygen atoms in total. The zero-order chi connectivity index (χ0) is 16.6. The summed E-state index contributed by atoms with van der Waals surface area (Å²) < 4.78 is 19.3. The lowest BCUT2D eigenvalue weighted by Crippen LogP contribution is -2.03. The molecule has 2 aromatic rings. The fourth-order valence-corrected chi connectivity index (χ4v) is 3.42. The van der Waals surface area contributed by atoms with Crippen molar-refractivity contribution in [3.8, 4) is 17.0 Å². The molecule has 1 aromatic heterocycles. The number of benzene rings is 1. The van der Waals surface area contributed by atoms with Crippen LogP contribution >= 0.6 is 0 Å². The topological polar surface area (TPSA) is 37.9 Å². The summed E-state index contributed by atoms with van der Waals surface area (Å²) in [5.41, 5.74) is 3.96. The summed E-state index contributed by atoms with van der Waals surface area (Å²) in [7, 11) is 1.49. The second-order valence-electron chi connectivity index (χ2n) is 6.45. The number of hydrogen-bond donors (Lipinski definition) is 1. The van der Waals surface area contributed by atoms with Gasteiger partial charge in [-0.3, -0.25) is 0 Å². The fourth-order valence-electron chi connectivity index (χ4n) is 3.42. The van der Waals surface area contributed by atoms with Gasteiger partial charge in [0.05, 0.1) is 12.8 Å². The van der Waals surface area contributed by atoms with Gasteiger partial charge in [0.2, 0.25) is 0 Å². The van der Waals surface area contributed by atoms with Crippen molar-refractivity contribution in [2.45, 2.75) is 52.4 Å². The maximum absolute atomic E-state index is 14.2. The van der Waals surface area contributed by atoms with E-state index in [0.717, 1.165) is 41.4 Å². The van der Waals surface area contributed by atoms with E-state index >= 15 is 0 Å². The molecule has 0 bridgehead atoms. The maximum Gasteiger partial charge on any atom is 0.165 e. The summed E-state index contributed by atoms with van der Waals surface area (Å²) in [5, 5.41) is 0. The van der Waals surface area contributed by atoms with Crippen molar-refractivity contribution in [2.75, 3.05) is 7.11 Å². The number of rotatable bonds is 6. The molecule has 0 aliphatic heterocycles. The summed E-state index contributed by atoms with van der Waals surface area (Å²) in [6.45, 7) is 6.30. The number of aromatic amines is 1. The van der Waals surface area contributed by atoms with E-state index in [4.69, 9.17) is 9.72 Å². The van der Waals surface area contributed by atoms with Gasteiger partial charge in [-0.1, -0.05) is 13.8 Å². The SMILES string of the molecule is CCc1nc(-c2cc(F)c(OC)cc2C)c(C(CC)C2CC2)[nH]1. The number of halogens is 1. The second kappa shape index (κ2) is 6.34. The molecule has 1 N–H and O–H groups in total. The van der Waals surface area contributed by atoms with Gasteiger partial charge >= 0.3 is 0 Å². The third-order valence-corrected chi connectivity index (χ3v) is 4.87. The van der Waals surface area contributed by atoms with E-state index < -0.39 is 0 Å². The highest BCUT2D eigenvalue weighted by Gasteiger charge is 2.34. The first-order chi connectivity index (χ1) is 11.1. The monoisotopic (exact) mass is 316 g/mol. The number of nitrogens with one attached hydrogen (secondary N) is 1. The Hall–Kier alpha value is -1.84. The molecule has 23 heavy (non-hydrogen) atoms. The van der Waals surface area contributed by atoms with Crippen LogP contribution in [-0.2, 0) is 6.42 Å². The molecule has 0 radical (unpaired) electrons. The van der Waals surface area contributed by atoms with Gasteiger partial charge in [-0.15, -0.1) is 0 Å². The molecule has 1 aromatic carbocycles. The van der Waals surface area contributed by atoms with Gasteiger partial charge < -0.3 is 9.72 Å². The minimum Gasteiger partial charge on any atom is -0.494 e. The van der Waals surface area contributed by atoms with E-state index in [2.05, 4.69) is 18.8 Å². The Kier molecular flexibility index (Phi) is 4.42. The minimum atomic E-state index is -0.334. The van der Waals surface area contributed by atoms with E-state index in [-0.39, 0.29) is 11.6 Å². The van der Waals surface area contributed by atoms with Crippen molar-refractivity contribution in [1.82, 2.24) is 9.97 Å².